The summed E-state index contributed by atoms with van der Waals surface area (Å²) in [6.07, 6.45) is 1.57. The maximum Gasteiger partial charge on any atom is 0.141 e. The molecule has 4 aromatic rings. The summed E-state index contributed by atoms with van der Waals surface area (Å²) in [4.78, 5) is 14.3. The molecule has 1 N–H and O–H groups in total. The summed E-state index contributed by atoms with van der Waals surface area (Å²) in [6, 6.07) is 10.2. The Kier molecular flexibility index (Phi) is 4.65. The topological polar surface area (TPSA) is 59.9 Å². The number of nitrogens with zero attached hydrogens (tertiary/aromatic N) is 3. The second-order valence-electron chi connectivity index (χ2n) is 6.07. The van der Waals surface area contributed by atoms with Crippen LogP contribution in [0.4, 0.5) is 11.5 Å². The Labute approximate surface area is 159 Å². The molecule has 2 heterocycles. The molecule has 2 aromatic carbocycles. The highest BCUT2D eigenvalue weighted by atomic mass is 32.2. The zero-order valence-corrected chi connectivity index (χ0v) is 16.3. The molecule has 0 atom stereocenters. The van der Waals surface area contributed by atoms with Crippen LogP contribution in [0.2, 0.25) is 0 Å². The van der Waals surface area contributed by atoms with Gasteiger partial charge in [-0.15, -0.1) is 23.1 Å². The third-order valence-corrected chi connectivity index (χ3v) is 5.73. The highest BCUT2D eigenvalue weighted by Gasteiger charge is 2.12. The maximum atomic E-state index is 5.54. The Hall–Kier alpha value is -2.38. The van der Waals surface area contributed by atoms with E-state index in [4.69, 9.17) is 4.74 Å². The monoisotopic (exact) mass is 382 g/mol. The van der Waals surface area contributed by atoms with E-state index in [9.17, 15) is 0 Å². The van der Waals surface area contributed by atoms with E-state index < -0.39 is 0 Å². The van der Waals surface area contributed by atoms with Gasteiger partial charge in [-0.25, -0.2) is 15.0 Å². The third-order valence-electron chi connectivity index (χ3n) is 3.88. The van der Waals surface area contributed by atoms with Crippen molar-refractivity contribution < 1.29 is 4.74 Å². The van der Waals surface area contributed by atoms with Gasteiger partial charge in [0.1, 0.15) is 17.9 Å². The number of fused-ring (bicyclic) bond motifs is 2. The van der Waals surface area contributed by atoms with E-state index >= 15 is 0 Å². The molecule has 0 aliphatic carbocycles. The van der Waals surface area contributed by atoms with Crippen molar-refractivity contribution in [2.45, 2.75) is 24.0 Å². The molecular formula is C19H18N4OS2. The quantitative estimate of drug-likeness (QED) is 0.460. The van der Waals surface area contributed by atoms with Crippen LogP contribution in [0.25, 0.3) is 21.1 Å². The fourth-order valence-corrected chi connectivity index (χ4v) is 4.35. The minimum Gasteiger partial charge on any atom is -0.496 e. The van der Waals surface area contributed by atoms with E-state index in [1.165, 1.54) is 4.70 Å². The molecule has 0 saturated heterocycles. The van der Waals surface area contributed by atoms with Gasteiger partial charge in [-0.3, -0.25) is 0 Å². The number of rotatable bonds is 5. The molecule has 0 radical (unpaired) electrons. The molecule has 26 heavy (non-hydrogen) atoms. The standard InChI is InChI=1S/C19H18N4OS2/c1-11(2)26-18-7-13-14(8-16(18)24-3)20-9-21-19(13)23-12-4-5-17-15(6-12)22-10-25-17/h4-11H,1-3H3,(H,20,21,23). The number of thiazole rings is 1. The molecule has 0 aliphatic rings. The van der Waals surface area contributed by atoms with Crippen molar-refractivity contribution in [3.05, 3.63) is 42.2 Å². The molecule has 0 saturated carbocycles. The summed E-state index contributed by atoms with van der Waals surface area (Å²) in [5.41, 5.74) is 4.64. The number of benzene rings is 2. The van der Waals surface area contributed by atoms with Gasteiger partial charge in [0.25, 0.3) is 0 Å². The lowest BCUT2D eigenvalue weighted by molar-refractivity contribution is 0.405. The first kappa shape index (κ1) is 17.1. The lowest BCUT2D eigenvalue weighted by atomic mass is 10.2. The summed E-state index contributed by atoms with van der Waals surface area (Å²) >= 11 is 3.40. The molecule has 132 valence electrons. The molecule has 0 amide bonds. The molecule has 4 rings (SSSR count). The third kappa shape index (κ3) is 3.32. The van der Waals surface area contributed by atoms with Gasteiger partial charge in [-0.05, 0) is 24.3 Å². The fraction of sp³-hybridized carbons (Fsp3) is 0.211. The van der Waals surface area contributed by atoms with Crippen LogP contribution in [-0.4, -0.2) is 27.3 Å². The van der Waals surface area contributed by atoms with E-state index in [2.05, 4.69) is 46.2 Å². The molecule has 7 heteroatoms. The first-order chi connectivity index (χ1) is 12.6. The first-order valence-electron chi connectivity index (χ1n) is 8.23. The van der Waals surface area contributed by atoms with Crippen molar-refractivity contribution >= 4 is 55.7 Å². The van der Waals surface area contributed by atoms with E-state index in [1.807, 2.05) is 23.7 Å². The summed E-state index contributed by atoms with van der Waals surface area (Å²) < 4.78 is 6.71. The highest BCUT2D eigenvalue weighted by molar-refractivity contribution is 8.00. The lowest BCUT2D eigenvalue weighted by Crippen LogP contribution is -1.98. The van der Waals surface area contributed by atoms with Crippen LogP contribution in [-0.2, 0) is 0 Å². The number of thioether (sulfide) groups is 1. The van der Waals surface area contributed by atoms with Gasteiger partial charge in [-0.2, -0.15) is 0 Å². The Morgan fingerprint density at radius 1 is 1.08 bits per heavy atom. The first-order valence-corrected chi connectivity index (χ1v) is 9.99. The number of hydrogen-bond donors (Lipinski definition) is 1. The lowest BCUT2D eigenvalue weighted by Gasteiger charge is -2.14. The Balaban J connectivity index is 1.78. The maximum absolute atomic E-state index is 5.54. The number of methoxy groups -OCH3 is 1. The van der Waals surface area contributed by atoms with Crippen LogP contribution in [0, 0.1) is 0 Å². The van der Waals surface area contributed by atoms with E-state index in [0.29, 0.717) is 5.25 Å². The number of ether oxygens (including phenoxy) is 1. The van der Waals surface area contributed by atoms with Crippen LogP contribution >= 0.6 is 23.1 Å². The van der Waals surface area contributed by atoms with E-state index in [-0.39, 0.29) is 0 Å². The van der Waals surface area contributed by atoms with Gasteiger partial charge in [0.15, 0.2) is 0 Å². The number of nitrogens with one attached hydrogen (secondary N) is 1. The number of aromatic nitrogens is 3. The predicted molar refractivity (Wildman–Crippen MR) is 110 cm³/mol. The summed E-state index contributed by atoms with van der Waals surface area (Å²) in [6.45, 7) is 4.33. The Bertz CT molecular complexity index is 1080. The predicted octanol–water partition coefficient (Wildman–Crippen LogP) is 5.49. The van der Waals surface area contributed by atoms with Gasteiger partial charge in [-0.1, -0.05) is 13.8 Å². The van der Waals surface area contributed by atoms with Gasteiger partial charge in [0, 0.05) is 22.4 Å². The Morgan fingerprint density at radius 3 is 2.77 bits per heavy atom. The zero-order chi connectivity index (χ0) is 18.1. The normalized spacial score (nSPS) is 11.4. The van der Waals surface area contributed by atoms with Crippen LogP contribution in [0.1, 0.15) is 13.8 Å². The number of anilines is 2. The van der Waals surface area contributed by atoms with E-state index in [0.717, 1.165) is 38.6 Å². The molecular weight excluding hydrogens is 364 g/mol. The summed E-state index contributed by atoms with van der Waals surface area (Å²) in [5, 5.41) is 4.83. The molecule has 0 fully saturated rings. The Morgan fingerprint density at radius 2 is 1.96 bits per heavy atom. The smallest absolute Gasteiger partial charge is 0.141 e. The highest BCUT2D eigenvalue weighted by Crippen LogP contribution is 2.37. The van der Waals surface area contributed by atoms with Crippen molar-refractivity contribution in [3.8, 4) is 5.75 Å². The second-order valence-corrected chi connectivity index (χ2v) is 8.57. The van der Waals surface area contributed by atoms with Crippen molar-refractivity contribution in [3.63, 3.8) is 0 Å². The van der Waals surface area contributed by atoms with Crippen LogP contribution in [0.3, 0.4) is 0 Å². The van der Waals surface area contributed by atoms with Crippen LogP contribution in [0.5, 0.6) is 5.75 Å². The van der Waals surface area contributed by atoms with Crippen LogP contribution < -0.4 is 10.1 Å². The van der Waals surface area contributed by atoms with Crippen molar-refractivity contribution in [1.29, 1.82) is 0 Å². The molecule has 0 aliphatic heterocycles. The molecule has 0 bridgehead atoms. The van der Waals surface area contributed by atoms with Crippen molar-refractivity contribution in [1.82, 2.24) is 15.0 Å². The second kappa shape index (κ2) is 7.09. The zero-order valence-electron chi connectivity index (χ0n) is 14.7. The fourth-order valence-electron chi connectivity index (χ4n) is 2.74. The van der Waals surface area contributed by atoms with Gasteiger partial charge >= 0.3 is 0 Å². The van der Waals surface area contributed by atoms with Crippen molar-refractivity contribution in [2.24, 2.45) is 0 Å². The summed E-state index contributed by atoms with van der Waals surface area (Å²) in [7, 11) is 1.69. The van der Waals surface area contributed by atoms with E-state index in [1.54, 1.807) is 36.5 Å². The average molecular weight is 383 g/mol. The average Bonchev–Trinajstić information content (AvgIpc) is 3.09. The SMILES string of the molecule is COc1cc2ncnc(Nc3ccc4scnc4c3)c2cc1SC(C)C. The largest absolute Gasteiger partial charge is 0.496 e. The van der Waals surface area contributed by atoms with Gasteiger partial charge in [0.2, 0.25) is 0 Å². The van der Waals surface area contributed by atoms with Crippen molar-refractivity contribution in [2.75, 3.05) is 12.4 Å². The molecule has 0 spiro atoms. The van der Waals surface area contributed by atoms with Gasteiger partial charge < -0.3 is 10.1 Å². The van der Waals surface area contributed by atoms with Crippen LogP contribution in [0.15, 0.2) is 47.1 Å². The molecule has 0 unspecified atom stereocenters. The minimum atomic E-state index is 0.453. The number of hydrogen-bond acceptors (Lipinski definition) is 7. The molecule has 5 nitrogen and oxygen atoms in total. The van der Waals surface area contributed by atoms with Gasteiger partial charge in [0.05, 0.1) is 33.2 Å². The minimum absolute atomic E-state index is 0.453. The molecule has 2 aromatic heterocycles. The summed E-state index contributed by atoms with van der Waals surface area (Å²) in [5.74, 6) is 1.61.